The Bertz CT molecular complexity index is 499. The number of aryl methyl sites for hydroxylation is 1. The molecule has 122 valence electrons. The molecule has 0 radical (unpaired) electrons. The number of hydrogen-bond donors (Lipinski definition) is 2. The summed E-state index contributed by atoms with van der Waals surface area (Å²) in [5.41, 5.74) is 7.15. The van der Waals surface area contributed by atoms with Gasteiger partial charge in [-0.3, -0.25) is 4.79 Å². The lowest BCUT2D eigenvalue weighted by molar-refractivity contribution is -0.134. The molecular formula is C16H21F3N2O. The standard InChI is InChI=1S/C16H21F3N2O/c17-16(18,19)9-8-11-4-6-13(7-5-11)21-15(22)10-12-2-1-3-14(12)20/h4-7,12,14H,1-3,8-10,20H2,(H,21,22)/t12-,14+/m0/s1. The Labute approximate surface area is 128 Å². The van der Waals surface area contributed by atoms with E-state index in [0.717, 1.165) is 19.3 Å². The zero-order valence-corrected chi connectivity index (χ0v) is 12.3. The summed E-state index contributed by atoms with van der Waals surface area (Å²) in [5.74, 6) is 0.136. The van der Waals surface area contributed by atoms with E-state index >= 15 is 0 Å². The second-order valence-corrected chi connectivity index (χ2v) is 5.92. The topological polar surface area (TPSA) is 55.1 Å². The van der Waals surface area contributed by atoms with Gasteiger partial charge in [-0.2, -0.15) is 13.2 Å². The highest BCUT2D eigenvalue weighted by Gasteiger charge is 2.27. The van der Waals surface area contributed by atoms with Crippen LogP contribution in [0.4, 0.5) is 18.9 Å². The molecule has 22 heavy (non-hydrogen) atoms. The van der Waals surface area contributed by atoms with Crippen LogP contribution in [0.15, 0.2) is 24.3 Å². The Morgan fingerprint density at radius 2 is 1.91 bits per heavy atom. The smallest absolute Gasteiger partial charge is 0.327 e. The van der Waals surface area contributed by atoms with Gasteiger partial charge in [-0.05, 0) is 42.9 Å². The van der Waals surface area contributed by atoms with E-state index in [4.69, 9.17) is 5.73 Å². The molecule has 1 amide bonds. The zero-order valence-electron chi connectivity index (χ0n) is 12.3. The lowest BCUT2D eigenvalue weighted by atomic mass is 10.00. The van der Waals surface area contributed by atoms with Crippen LogP contribution in [-0.2, 0) is 11.2 Å². The Kier molecular flexibility index (Phi) is 5.45. The first kappa shape index (κ1) is 16.8. The van der Waals surface area contributed by atoms with Crippen LogP contribution in [0.3, 0.4) is 0 Å². The quantitative estimate of drug-likeness (QED) is 0.872. The van der Waals surface area contributed by atoms with Gasteiger partial charge in [0.05, 0.1) is 0 Å². The summed E-state index contributed by atoms with van der Waals surface area (Å²) in [5, 5.41) is 2.77. The van der Waals surface area contributed by atoms with Crippen LogP contribution in [0.1, 0.15) is 37.7 Å². The number of rotatable bonds is 5. The van der Waals surface area contributed by atoms with Gasteiger partial charge < -0.3 is 11.1 Å². The Morgan fingerprint density at radius 3 is 2.45 bits per heavy atom. The van der Waals surface area contributed by atoms with Gasteiger partial charge in [0.2, 0.25) is 5.91 Å². The number of alkyl halides is 3. The van der Waals surface area contributed by atoms with E-state index in [1.807, 2.05) is 0 Å². The maximum Gasteiger partial charge on any atom is 0.389 e. The lowest BCUT2D eigenvalue weighted by Gasteiger charge is -2.15. The van der Waals surface area contributed by atoms with Crippen LogP contribution >= 0.6 is 0 Å². The monoisotopic (exact) mass is 314 g/mol. The molecule has 0 saturated heterocycles. The van der Waals surface area contributed by atoms with Crippen LogP contribution in [0.25, 0.3) is 0 Å². The molecule has 0 bridgehead atoms. The average molecular weight is 314 g/mol. The molecule has 1 aliphatic rings. The Hall–Kier alpha value is -1.56. The minimum absolute atomic E-state index is 0.0470. The second kappa shape index (κ2) is 7.13. The predicted molar refractivity (Wildman–Crippen MR) is 79.4 cm³/mol. The molecule has 0 unspecified atom stereocenters. The van der Waals surface area contributed by atoms with Crippen LogP contribution in [0, 0.1) is 5.92 Å². The van der Waals surface area contributed by atoms with Gasteiger partial charge in [0.15, 0.2) is 0 Å². The number of anilines is 1. The maximum absolute atomic E-state index is 12.2. The molecule has 6 heteroatoms. The van der Waals surface area contributed by atoms with E-state index in [1.165, 1.54) is 0 Å². The van der Waals surface area contributed by atoms with Gasteiger partial charge >= 0.3 is 6.18 Å². The van der Waals surface area contributed by atoms with Crippen molar-refractivity contribution in [3.63, 3.8) is 0 Å². The van der Waals surface area contributed by atoms with Gasteiger partial charge in [-0.25, -0.2) is 0 Å². The van der Waals surface area contributed by atoms with E-state index in [1.54, 1.807) is 24.3 Å². The third-order valence-corrected chi connectivity index (χ3v) is 4.10. The molecule has 3 nitrogen and oxygen atoms in total. The van der Waals surface area contributed by atoms with Crippen molar-refractivity contribution in [2.24, 2.45) is 11.7 Å². The molecular weight excluding hydrogens is 293 g/mol. The molecule has 1 aromatic carbocycles. The number of carbonyl (C=O) groups is 1. The van der Waals surface area contributed by atoms with E-state index in [9.17, 15) is 18.0 Å². The van der Waals surface area contributed by atoms with Crippen LogP contribution < -0.4 is 11.1 Å². The molecule has 1 saturated carbocycles. The number of benzene rings is 1. The molecule has 3 N–H and O–H groups in total. The van der Waals surface area contributed by atoms with Gasteiger partial charge in [-0.1, -0.05) is 18.6 Å². The summed E-state index contributed by atoms with van der Waals surface area (Å²) in [6.45, 7) is 0. The van der Waals surface area contributed by atoms with Crippen LogP contribution in [-0.4, -0.2) is 18.1 Å². The molecule has 0 aliphatic heterocycles. The zero-order chi connectivity index (χ0) is 16.2. The van der Waals surface area contributed by atoms with Crippen molar-refractivity contribution in [2.75, 3.05) is 5.32 Å². The first-order valence-electron chi connectivity index (χ1n) is 7.54. The molecule has 2 rings (SSSR count). The highest BCUT2D eigenvalue weighted by molar-refractivity contribution is 5.90. The minimum Gasteiger partial charge on any atom is -0.327 e. The fourth-order valence-corrected chi connectivity index (χ4v) is 2.81. The highest BCUT2D eigenvalue weighted by atomic mass is 19.4. The lowest BCUT2D eigenvalue weighted by Crippen LogP contribution is -2.28. The fraction of sp³-hybridized carbons (Fsp3) is 0.562. The Balaban J connectivity index is 1.81. The summed E-state index contributed by atoms with van der Waals surface area (Å²) in [6.07, 6.45) is -1.62. The third kappa shape index (κ3) is 5.33. The SMILES string of the molecule is N[C@@H]1CCC[C@H]1CC(=O)Nc1ccc(CCC(F)(F)F)cc1. The van der Waals surface area contributed by atoms with E-state index in [-0.39, 0.29) is 24.3 Å². The third-order valence-electron chi connectivity index (χ3n) is 4.10. The summed E-state index contributed by atoms with van der Waals surface area (Å²) < 4.78 is 36.5. The van der Waals surface area contributed by atoms with E-state index < -0.39 is 12.6 Å². The molecule has 1 aliphatic carbocycles. The first-order chi connectivity index (χ1) is 10.3. The van der Waals surface area contributed by atoms with E-state index in [0.29, 0.717) is 17.7 Å². The number of carbonyl (C=O) groups excluding carboxylic acids is 1. The van der Waals surface area contributed by atoms with E-state index in [2.05, 4.69) is 5.32 Å². The Morgan fingerprint density at radius 1 is 1.23 bits per heavy atom. The highest BCUT2D eigenvalue weighted by Crippen LogP contribution is 2.27. The number of nitrogens with two attached hydrogens (primary N) is 1. The largest absolute Gasteiger partial charge is 0.389 e. The number of hydrogen-bond acceptors (Lipinski definition) is 2. The summed E-state index contributed by atoms with van der Waals surface area (Å²) in [6, 6.07) is 6.59. The van der Waals surface area contributed by atoms with Crippen molar-refractivity contribution in [3.05, 3.63) is 29.8 Å². The maximum atomic E-state index is 12.2. The molecule has 0 heterocycles. The summed E-state index contributed by atoms with van der Waals surface area (Å²) >= 11 is 0. The van der Waals surface area contributed by atoms with Gasteiger partial charge in [-0.15, -0.1) is 0 Å². The van der Waals surface area contributed by atoms with Crippen molar-refractivity contribution >= 4 is 11.6 Å². The van der Waals surface area contributed by atoms with Crippen LogP contribution in [0.5, 0.6) is 0 Å². The number of amides is 1. The molecule has 1 aromatic rings. The summed E-state index contributed by atoms with van der Waals surface area (Å²) in [4.78, 5) is 11.9. The number of nitrogens with one attached hydrogen (secondary N) is 1. The molecule has 0 spiro atoms. The normalized spacial score (nSPS) is 21.8. The first-order valence-corrected chi connectivity index (χ1v) is 7.54. The summed E-state index contributed by atoms with van der Waals surface area (Å²) in [7, 11) is 0. The van der Waals surface area contributed by atoms with Gasteiger partial charge in [0.25, 0.3) is 0 Å². The van der Waals surface area contributed by atoms with Crippen molar-refractivity contribution < 1.29 is 18.0 Å². The second-order valence-electron chi connectivity index (χ2n) is 5.92. The van der Waals surface area contributed by atoms with Gasteiger partial charge in [0.1, 0.15) is 0 Å². The van der Waals surface area contributed by atoms with Crippen molar-refractivity contribution in [1.29, 1.82) is 0 Å². The van der Waals surface area contributed by atoms with Crippen LogP contribution in [0.2, 0.25) is 0 Å². The van der Waals surface area contributed by atoms with Crippen molar-refractivity contribution in [1.82, 2.24) is 0 Å². The molecule has 0 aromatic heterocycles. The van der Waals surface area contributed by atoms with Crippen molar-refractivity contribution in [3.8, 4) is 0 Å². The van der Waals surface area contributed by atoms with Gasteiger partial charge in [0, 0.05) is 24.6 Å². The number of halogens is 3. The molecule has 1 fully saturated rings. The van der Waals surface area contributed by atoms with Crippen molar-refractivity contribution in [2.45, 2.75) is 50.7 Å². The minimum atomic E-state index is -4.15. The molecule has 2 atom stereocenters. The average Bonchev–Trinajstić information content (AvgIpc) is 2.82. The predicted octanol–water partition coefficient (Wildman–Crippen LogP) is 3.64. The fourth-order valence-electron chi connectivity index (χ4n) is 2.81.